The third-order valence-corrected chi connectivity index (χ3v) is 2.68. The van der Waals surface area contributed by atoms with Gasteiger partial charge in [0.1, 0.15) is 6.04 Å². The molecule has 0 heterocycles. The first kappa shape index (κ1) is 18.6. The van der Waals surface area contributed by atoms with E-state index in [4.69, 9.17) is 9.84 Å². The Labute approximate surface area is 121 Å². The van der Waals surface area contributed by atoms with Gasteiger partial charge in [-0.15, -0.1) is 0 Å². The molecule has 0 bridgehead atoms. The molecule has 1 amide bonds. The molecule has 0 rings (SSSR count). The lowest BCUT2D eigenvalue weighted by molar-refractivity contribution is -0.147. The van der Waals surface area contributed by atoms with E-state index >= 15 is 0 Å². The van der Waals surface area contributed by atoms with E-state index in [2.05, 4.69) is 26.1 Å². The fraction of sp³-hybridized carbons (Fsp3) is 0.733. The zero-order valence-electron chi connectivity index (χ0n) is 12.9. The highest BCUT2D eigenvalue weighted by Crippen LogP contribution is 2.22. The van der Waals surface area contributed by atoms with Crippen LogP contribution in [0.15, 0.2) is 12.2 Å². The Morgan fingerprint density at radius 2 is 2.00 bits per heavy atom. The van der Waals surface area contributed by atoms with E-state index in [1.165, 1.54) is 12.2 Å². The van der Waals surface area contributed by atoms with Gasteiger partial charge in [0.05, 0.1) is 13.2 Å². The Bertz CT molecular complexity index is 331. The van der Waals surface area contributed by atoms with Gasteiger partial charge in [-0.25, -0.2) is 4.79 Å². The molecule has 5 nitrogen and oxygen atoms in total. The SMILES string of the molecule is CCOC(=O)C(CCCC(C)(C)C)NC(=O)/C=C/CO. The van der Waals surface area contributed by atoms with Gasteiger partial charge >= 0.3 is 5.97 Å². The maximum Gasteiger partial charge on any atom is 0.328 e. The van der Waals surface area contributed by atoms with E-state index in [1.54, 1.807) is 6.92 Å². The smallest absolute Gasteiger partial charge is 0.328 e. The zero-order chi connectivity index (χ0) is 15.6. The molecule has 0 aromatic heterocycles. The Morgan fingerprint density at radius 3 is 2.50 bits per heavy atom. The maximum atomic E-state index is 11.8. The van der Waals surface area contributed by atoms with E-state index < -0.39 is 17.9 Å². The van der Waals surface area contributed by atoms with Crippen molar-refractivity contribution in [3.8, 4) is 0 Å². The summed E-state index contributed by atoms with van der Waals surface area (Å²) in [5, 5.41) is 11.2. The summed E-state index contributed by atoms with van der Waals surface area (Å²) in [6, 6.07) is -0.631. The molecule has 0 aliphatic rings. The summed E-state index contributed by atoms with van der Waals surface area (Å²) in [5.74, 6) is -0.806. The van der Waals surface area contributed by atoms with Gasteiger partial charge in [0.2, 0.25) is 5.91 Å². The van der Waals surface area contributed by atoms with Crippen LogP contribution in [0.4, 0.5) is 0 Å². The number of hydrogen-bond donors (Lipinski definition) is 2. The van der Waals surface area contributed by atoms with Crippen LogP contribution in [-0.4, -0.2) is 36.2 Å². The molecule has 0 aromatic rings. The van der Waals surface area contributed by atoms with E-state index in [-0.39, 0.29) is 18.6 Å². The number of amides is 1. The predicted octanol–water partition coefficient (Wildman–Crippen LogP) is 1.80. The average molecular weight is 285 g/mol. The van der Waals surface area contributed by atoms with Gasteiger partial charge in [0, 0.05) is 6.08 Å². The molecule has 0 saturated carbocycles. The number of rotatable bonds is 8. The van der Waals surface area contributed by atoms with E-state index in [0.29, 0.717) is 6.42 Å². The minimum Gasteiger partial charge on any atom is -0.464 e. The molecule has 5 heteroatoms. The number of carbonyl (C=O) groups is 2. The molecular weight excluding hydrogens is 258 g/mol. The van der Waals surface area contributed by atoms with Crippen molar-refractivity contribution < 1.29 is 19.4 Å². The third-order valence-electron chi connectivity index (χ3n) is 2.68. The van der Waals surface area contributed by atoms with Gasteiger partial charge in [-0.3, -0.25) is 4.79 Å². The van der Waals surface area contributed by atoms with Crippen LogP contribution < -0.4 is 5.32 Å². The predicted molar refractivity (Wildman–Crippen MR) is 78.1 cm³/mol. The monoisotopic (exact) mass is 285 g/mol. The Balaban J connectivity index is 4.45. The molecule has 1 atom stereocenters. The summed E-state index contributed by atoms with van der Waals surface area (Å²) >= 11 is 0. The molecule has 0 aliphatic carbocycles. The van der Waals surface area contributed by atoms with Crippen molar-refractivity contribution in [2.75, 3.05) is 13.2 Å². The van der Waals surface area contributed by atoms with Crippen LogP contribution in [0, 0.1) is 5.41 Å². The fourth-order valence-electron chi connectivity index (χ4n) is 1.71. The summed E-state index contributed by atoms with van der Waals surface area (Å²) in [6.07, 6.45) is 4.89. The van der Waals surface area contributed by atoms with Crippen LogP contribution in [-0.2, 0) is 14.3 Å². The lowest BCUT2D eigenvalue weighted by Crippen LogP contribution is -2.41. The Kier molecular flexibility index (Phi) is 8.88. The van der Waals surface area contributed by atoms with Crippen molar-refractivity contribution in [1.29, 1.82) is 0 Å². The van der Waals surface area contributed by atoms with Crippen LogP contribution in [0.1, 0.15) is 47.0 Å². The maximum absolute atomic E-state index is 11.8. The summed E-state index contributed by atoms with van der Waals surface area (Å²) in [7, 11) is 0. The first-order chi connectivity index (χ1) is 9.30. The van der Waals surface area contributed by atoms with E-state index in [0.717, 1.165) is 12.8 Å². The number of nitrogens with one attached hydrogen (secondary N) is 1. The molecule has 1 unspecified atom stereocenters. The van der Waals surface area contributed by atoms with Crippen molar-refractivity contribution in [3.63, 3.8) is 0 Å². The van der Waals surface area contributed by atoms with Crippen LogP contribution >= 0.6 is 0 Å². The van der Waals surface area contributed by atoms with Crippen molar-refractivity contribution in [2.45, 2.75) is 53.0 Å². The molecule has 0 aromatic carbocycles. The van der Waals surface area contributed by atoms with Gasteiger partial charge in [0.25, 0.3) is 0 Å². The van der Waals surface area contributed by atoms with Crippen LogP contribution in [0.25, 0.3) is 0 Å². The van der Waals surface area contributed by atoms with Crippen molar-refractivity contribution >= 4 is 11.9 Å². The van der Waals surface area contributed by atoms with E-state index in [9.17, 15) is 9.59 Å². The highest BCUT2D eigenvalue weighted by atomic mass is 16.5. The molecule has 0 aliphatic heterocycles. The second-order valence-corrected chi connectivity index (χ2v) is 5.85. The quantitative estimate of drug-likeness (QED) is 0.527. The molecule has 0 fully saturated rings. The molecule has 116 valence electrons. The van der Waals surface area contributed by atoms with Crippen LogP contribution in [0.3, 0.4) is 0 Å². The molecule has 0 radical (unpaired) electrons. The highest BCUT2D eigenvalue weighted by Gasteiger charge is 2.22. The van der Waals surface area contributed by atoms with E-state index in [1.807, 2.05) is 0 Å². The van der Waals surface area contributed by atoms with Gasteiger partial charge in [-0.05, 0) is 25.2 Å². The molecule has 2 N–H and O–H groups in total. The highest BCUT2D eigenvalue weighted by molar-refractivity contribution is 5.91. The van der Waals surface area contributed by atoms with Gasteiger partial charge in [0.15, 0.2) is 0 Å². The number of ether oxygens (including phenoxy) is 1. The lowest BCUT2D eigenvalue weighted by atomic mass is 9.89. The molecule has 20 heavy (non-hydrogen) atoms. The number of aliphatic hydroxyl groups is 1. The summed E-state index contributed by atoms with van der Waals surface area (Å²) in [5.41, 5.74) is 0.194. The number of aliphatic hydroxyl groups excluding tert-OH is 1. The second-order valence-electron chi connectivity index (χ2n) is 5.85. The number of esters is 1. The van der Waals surface area contributed by atoms with Gasteiger partial charge in [-0.2, -0.15) is 0 Å². The number of hydrogen-bond acceptors (Lipinski definition) is 4. The van der Waals surface area contributed by atoms with Crippen molar-refractivity contribution in [1.82, 2.24) is 5.32 Å². The average Bonchev–Trinajstić information content (AvgIpc) is 2.34. The third kappa shape index (κ3) is 9.55. The molecule has 0 spiro atoms. The minimum absolute atomic E-state index is 0.194. The van der Waals surface area contributed by atoms with Gasteiger partial charge < -0.3 is 15.2 Å². The fourth-order valence-corrected chi connectivity index (χ4v) is 1.71. The number of carbonyl (C=O) groups excluding carboxylic acids is 2. The standard InChI is InChI=1S/C15H27NO4/c1-5-20-14(19)12(8-6-10-15(2,3)4)16-13(18)9-7-11-17/h7,9,12,17H,5-6,8,10-11H2,1-4H3,(H,16,18)/b9-7+. The molecule has 0 saturated heterocycles. The topological polar surface area (TPSA) is 75.6 Å². The summed E-state index contributed by atoms with van der Waals surface area (Å²) in [4.78, 5) is 23.4. The van der Waals surface area contributed by atoms with Crippen LogP contribution in [0.5, 0.6) is 0 Å². The molecular formula is C15H27NO4. The Morgan fingerprint density at radius 1 is 1.35 bits per heavy atom. The largest absolute Gasteiger partial charge is 0.464 e. The van der Waals surface area contributed by atoms with Crippen LogP contribution in [0.2, 0.25) is 0 Å². The summed E-state index contributed by atoms with van der Waals surface area (Å²) in [6.45, 7) is 8.22. The first-order valence-electron chi connectivity index (χ1n) is 7.04. The lowest BCUT2D eigenvalue weighted by Gasteiger charge is -2.20. The Hall–Kier alpha value is -1.36. The second kappa shape index (κ2) is 9.53. The first-order valence-corrected chi connectivity index (χ1v) is 7.04. The normalized spacial score (nSPS) is 13.2. The summed E-state index contributed by atoms with van der Waals surface area (Å²) < 4.78 is 4.96. The van der Waals surface area contributed by atoms with Gasteiger partial charge in [-0.1, -0.05) is 33.3 Å². The minimum atomic E-state index is -0.631. The van der Waals surface area contributed by atoms with Crippen molar-refractivity contribution in [2.24, 2.45) is 5.41 Å². The van der Waals surface area contributed by atoms with Crippen molar-refractivity contribution in [3.05, 3.63) is 12.2 Å². The zero-order valence-corrected chi connectivity index (χ0v) is 12.9.